The summed E-state index contributed by atoms with van der Waals surface area (Å²) in [4.78, 5) is 15.4. The van der Waals surface area contributed by atoms with Gasteiger partial charge in [-0.15, -0.1) is 0 Å². The molecule has 1 amide bonds. The Balaban J connectivity index is 1.97. The Kier molecular flexibility index (Phi) is 5.85. The lowest BCUT2D eigenvalue weighted by Crippen LogP contribution is -2.32. The Hall–Kier alpha value is -2.56. The molecule has 1 aromatic heterocycles. The topological polar surface area (TPSA) is 81.1 Å². The minimum atomic E-state index is -4.92. The maximum absolute atomic E-state index is 13.1. The van der Waals surface area contributed by atoms with Gasteiger partial charge in [-0.1, -0.05) is 41.4 Å². The summed E-state index contributed by atoms with van der Waals surface area (Å²) in [6.07, 6.45) is -3.72. The van der Waals surface area contributed by atoms with E-state index in [0.717, 1.165) is 18.2 Å². The second-order valence-corrected chi connectivity index (χ2v) is 8.55. The molecule has 0 fully saturated rings. The lowest BCUT2D eigenvalue weighted by atomic mass is 10.2. The van der Waals surface area contributed by atoms with Crippen molar-refractivity contribution < 1.29 is 26.4 Å². The molecule has 30 heavy (non-hydrogen) atoms. The van der Waals surface area contributed by atoms with Crippen molar-refractivity contribution in [3.63, 3.8) is 0 Å². The molecule has 2 aromatic carbocycles. The van der Waals surface area contributed by atoms with Gasteiger partial charge in [-0.2, -0.15) is 13.2 Å². The molecule has 0 saturated heterocycles. The molecule has 158 valence electrons. The van der Waals surface area contributed by atoms with Crippen LogP contribution in [0.1, 0.15) is 16.1 Å². The number of aryl methyl sites for hydroxylation is 1. The molecule has 0 radical (unpaired) electrons. The van der Waals surface area contributed by atoms with Crippen LogP contribution in [0.15, 0.2) is 53.6 Å². The number of aromatic nitrogens is 2. The number of hydrogen-bond acceptors (Lipinski definition) is 4. The molecule has 12 heteroatoms. The fraction of sp³-hybridized carbons (Fsp3) is 0.111. The number of sulfonamides is 1. The van der Waals surface area contributed by atoms with E-state index < -0.39 is 32.6 Å². The van der Waals surface area contributed by atoms with Crippen LogP contribution in [-0.2, 0) is 23.2 Å². The van der Waals surface area contributed by atoms with Gasteiger partial charge >= 0.3 is 6.18 Å². The van der Waals surface area contributed by atoms with E-state index in [9.17, 15) is 26.4 Å². The van der Waals surface area contributed by atoms with Gasteiger partial charge in [-0.25, -0.2) is 18.1 Å². The summed E-state index contributed by atoms with van der Waals surface area (Å²) in [5.74, 6) is -1.04. The molecule has 1 N–H and O–H groups in total. The molecule has 6 nitrogen and oxygen atoms in total. The predicted molar refractivity (Wildman–Crippen MR) is 105 cm³/mol. The number of hydrogen-bond donors (Lipinski definition) is 1. The van der Waals surface area contributed by atoms with Crippen LogP contribution in [0.2, 0.25) is 10.0 Å². The molecule has 1 heterocycles. The molecule has 0 aliphatic heterocycles. The van der Waals surface area contributed by atoms with Crippen molar-refractivity contribution in [2.24, 2.45) is 7.05 Å². The van der Waals surface area contributed by atoms with E-state index in [1.54, 1.807) is 22.9 Å². The third kappa shape index (κ3) is 4.30. The van der Waals surface area contributed by atoms with E-state index in [4.69, 9.17) is 23.2 Å². The number of halogens is 5. The summed E-state index contributed by atoms with van der Waals surface area (Å²) in [5, 5.41) is 0.491. The highest BCUT2D eigenvalue weighted by Gasteiger charge is 2.37. The van der Waals surface area contributed by atoms with Crippen molar-refractivity contribution in [1.29, 1.82) is 0 Å². The summed E-state index contributed by atoms with van der Waals surface area (Å²) in [6.45, 7) is 0. The van der Waals surface area contributed by atoms with Crippen molar-refractivity contribution in [2.75, 3.05) is 0 Å². The number of rotatable bonds is 4. The first kappa shape index (κ1) is 22.1. The van der Waals surface area contributed by atoms with E-state index in [1.807, 2.05) is 0 Å². The number of nitrogens with one attached hydrogen (secondary N) is 1. The zero-order chi connectivity index (χ0) is 22.3. The Morgan fingerprint density at radius 1 is 1.07 bits per heavy atom. The van der Waals surface area contributed by atoms with Crippen LogP contribution in [0, 0.1) is 0 Å². The molecular formula is C18H12Cl2F3N3O3S. The van der Waals surface area contributed by atoms with Crippen molar-refractivity contribution in [2.45, 2.75) is 11.1 Å². The standard InChI is InChI=1S/C18H12Cl2F3N3O3S/c1-26-9-13(24-16(26)15-11(19)6-4-7-12(15)20)17(27)25-30(28,29)14-8-3-2-5-10(14)18(21,22)23/h2-9H,1H3,(H,25,27). The molecular weight excluding hydrogens is 466 g/mol. The van der Waals surface area contributed by atoms with Crippen LogP contribution in [0.25, 0.3) is 11.4 Å². The van der Waals surface area contributed by atoms with E-state index >= 15 is 0 Å². The maximum atomic E-state index is 13.1. The van der Waals surface area contributed by atoms with Crippen LogP contribution in [0.4, 0.5) is 13.2 Å². The van der Waals surface area contributed by atoms with Gasteiger partial charge in [0.25, 0.3) is 15.9 Å². The average Bonchev–Trinajstić information content (AvgIpc) is 3.02. The molecule has 0 atom stereocenters. The first-order valence-electron chi connectivity index (χ1n) is 8.13. The Labute approximate surface area is 179 Å². The fourth-order valence-corrected chi connectivity index (χ4v) is 4.44. The molecule has 0 spiro atoms. The maximum Gasteiger partial charge on any atom is 0.417 e. The van der Waals surface area contributed by atoms with E-state index in [-0.39, 0.29) is 21.6 Å². The fourth-order valence-electron chi connectivity index (χ4n) is 2.68. The Morgan fingerprint density at radius 2 is 1.67 bits per heavy atom. The van der Waals surface area contributed by atoms with Crippen LogP contribution >= 0.6 is 23.2 Å². The van der Waals surface area contributed by atoms with Gasteiger partial charge in [0.1, 0.15) is 11.5 Å². The molecule has 3 aromatic rings. The highest BCUT2D eigenvalue weighted by atomic mass is 35.5. The lowest BCUT2D eigenvalue weighted by molar-refractivity contribution is -0.139. The van der Waals surface area contributed by atoms with E-state index in [2.05, 4.69) is 4.98 Å². The summed E-state index contributed by atoms with van der Waals surface area (Å²) >= 11 is 12.3. The smallest absolute Gasteiger partial charge is 0.333 e. The average molecular weight is 478 g/mol. The number of nitrogens with zero attached hydrogens (tertiary/aromatic N) is 2. The van der Waals surface area contributed by atoms with Crippen molar-refractivity contribution in [1.82, 2.24) is 14.3 Å². The quantitative estimate of drug-likeness (QED) is 0.598. The van der Waals surface area contributed by atoms with Crippen molar-refractivity contribution in [3.8, 4) is 11.4 Å². The van der Waals surface area contributed by atoms with Crippen molar-refractivity contribution in [3.05, 3.63) is 70.0 Å². The Morgan fingerprint density at radius 3 is 2.27 bits per heavy atom. The van der Waals surface area contributed by atoms with Crippen LogP contribution < -0.4 is 4.72 Å². The molecule has 0 aliphatic carbocycles. The SMILES string of the molecule is Cn1cc(C(=O)NS(=O)(=O)c2ccccc2C(F)(F)F)nc1-c1c(Cl)cccc1Cl. The van der Waals surface area contributed by atoms with Gasteiger partial charge in [0.2, 0.25) is 0 Å². The second-order valence-electron chi connectivity index (χ2n) is 6.09. The zero-order valence-corrected chi connectivity index (χ0v) is 17.4. The van der Waals surface area contributed by atoms with E-state index in [1.165, 1.54) is 17.8 Å². The van der Waals surface area contributed by atoms with Gasteiger partial charge in [0.15, 0.2) is 0 Å². The zero-order valence-electron chi connectivity index (χ0n) is 15.0. The lowest BCUT2D eigenvalue weighted by Gasteiger charge is -2.13. The second kappa shape index (κ2) is 7.93. The molecule has 0 aliphatic rings. The van der Waals surface area contributed by atoms with Crippen LogP contribution in [0.3, 0.4) is 0 Å². The third-order valence-electron chi connectivity index (χ3n) is 4.00. The molecule has 0 saturated carbocycles. The summed E-state index contributed by atoms with van der Waals surface area (Å²) in [7, 11) is -3.31. The molecule has 3 rings (SSSR count). The van der Waals surface area contributed by atoms with Gasteiger partial charge in [-0.3, -0.25) is 4.79 Å². The van der Waals surface area contributed by atoms with E-state index in [0.29, 0.717) is 11.6 Å². The highest BCUT2D eigenvalue weighted by molar-refractivity contribution is 7.90. The number of amides is 1. The monoisotopic (exact) mass is 477 g/mol. The number of carbonyl (C=O) groups is 1. The predicted octanol–water partition coefficient (Wildman–Crippen LogP) is 4.53. The van der Waals surface area contributed by atoms with Gasteiger partial charge in [0, 0.05) is 13.2 Å². The minimum absolute atomic E-state index is 0.170. The van der Waals surface area contributed by atoms with Crippen LogP contribution in [-0.4, -0.2) is 23.9 Å². The number of imidazole rings is 1. The largest absolute Gasteiger partial charge is 0.417 e. The van der Waals surface area contributed by atoms with Gasteiger partial charge in [0.05, 0.1) is 26.1 Å². The third-order valence-corrected chi connectivity index (χ3v) is 6.02. The first-order valence-corrected chi connectivity index (χ1v) is 10.4. The number of benzene rings is 2. The summed E-state index contributed by atoms with van der Waals surface area (Å²) < 4.78 is 67.3. The van der Waals surface area contributed by atoms with Crippen LogP contribution in [0.5, 0.6) is 0 Å². The normalized spacial score (nSPS) is 12.1. The van der Waals surface area contributed by atoms with Gasteiger partial charge in [-0.05, 0) is 24.3 Å². The van der Waals surface area contributed by atoms with Crippen molar-refractivity contribution >= 4 is 39.1 Å². The Bertz CT molecular complexity index is 1220. The highest BCUT2D eigenvalue weighted by Crippen LogP contribution is 2.35. The van der Waals surface area contributed by atoms with Gasteiger partial charge < -0.3 is 4.57 Å². The summed E-state index contributed by atoms with van der Waals surface area (Å²) in [5.41, 5.74) is -1.43. The minimum Gasteiger partial charge on any atom is -0.333 e. The molecule has 0 bridgehead atoms. The summed E-state index contributed by atoms with van der Waals surface area (Å²) in [6, 6.07) is 8.23. The number of alkyl halides is 3. The molecule has 0 unspecified atom stereocenters. The first-order chi connectivity index (χ1) is 13.9. The number of carbonyl (C=O) groups excluding carboxylic acids is 1.